The lowest BCUT2D eigenvalue weighted by Crippen LogP contribution is -2.44. The van der Waals surface area contributed by atoms with Gasteiger partial charge in [-0.15, -0.1) is 0 Å². The molecule has 2 bridgehead atoms. The van der Waals surface area contributed by atoms with Crippen LogP contribution in [0.15, 0.2) is 0 Å². The molecule has 0 spiro atoms. The van der Waals surface area contributed by atoms with E-state index in [1.165, 1.54) is 25.7 Å². The quantitative estimate of drug-likeness (QED) is 0.607. The molecule has 0 heteroatoms. The highest BCUT2D eigenvalue weighted by molar-refractivity contribution is 5.11. The summed E-state index contributed by atoms with van der Waals surface area (Å²) in [5, 5.41) is 0. The average Bonchev–Trinajstić information content (AvgIpc) is 2.59. The van der Waals surface area contributed by atoms with E-state index in [1.54, 1.807) is 0 Å². The Kier molecular flexibility index (Phi) is 2.25. The Morgan fingerprint density at radius 3 is 2.00 bits per heavy atom. The Hall–Kier alpha value is 0. The van der Waals surface area contributed by atoms with E-state index in [9.17, 15) is 0 Å². The number of hydrogen-bond donors (Lipinski definition) is 0. The molecule has 2 aliphatic rings. The van der Waals surface area contributed by atoms with Gasteiger partial charge in [-0.3, -0.25) is 0 Å². The van der Waals surface area contributed by atoms with Gasteiger partial charge in [0.1, 0.15) is 0 Å². The molecule has 0 aliphatic heterocycles. The van der Waals surface area contributed by atoms with Crippen molar-refractivity contribution in [3.8, 4) is 0 Å². The molecular formula is C14H26. The minimum atomic E-state index is 0.605. The Balaban J connectivity index is 2.39. The highest BCUT2D eigenvalue weighted by Crippen LogP contribution is 2.70. The number of hydrogen-bond acceptors (Lipinski definition) is 0. The van der Waals surface area contributed by atoms with Crippen molar-refractivity contribution < 1.29 is 0 Å². The van der Waals surface area contributed by atoms with Crippen LogP contribution in [0, 0.1) is 28.6 Å². The molecule has 0 N–H and O–H groups in total. The summed E-state index contributed by atoms with van der Waals surface area (Å²) < 4.78 is 0. The molecule has 2 rings (SSSR count). The van der Waals surface area contributed by atoms with Gasteiger partial charge in [0.15, 0.2) is 0 Å². The molecule has 0 aromatic heterocycles. The molecule has 0 saturated heterocycles. The standard InChI is InChI=1S/C14H26/c1-6-14(7-2)12-9-11(8-10(12)3)13(14,4)5/h10-12H,6-9H2,1-5H3. The van der Waals surface area contributed by atoms with Gasteiger partial charge in [0, 0.05) is 0 Å². The van der Waals surface area contributed by atoms with Crippen LogP contribution in [0.5, 0.6) is 0 Å². The normalized spacial score (nSPS) is 43.1. The smallest absolute Gasteiger partial charge is 0.0218 e. The highest BCUT2D eigenvalue weighted by Gasteiger charge is 2.62. The first-order valence-corrected chi connectivity index (χ1v) is 6.49. The summed E-state index contributed by atoms with van der Waals surface area (Å²) in [5.41, 5.74) is 1.27. The van der Waals surface area contributed by atoms with Crippen LogP contribution in [-0.4, -0.2) is 0 Å². The molecule has 2 aliphatic carbocycles. The maximum absolute atomic E-state index is 2.54. The molecule has 3 unspecified atom stereocenters. The second-order valence-electron chi connectivity index (χ2n) is 6.34. The van der Waals surface area contributed by atoms with E-state index in [0.29, 0.717) is 10.8 Å². The van der Waals surface area contributed by atoms with Crippen LogP contribution in [0.4, 0.5) is 0 Å². The summed E-state index contributed by atoms with van der Waals surface area (Å²) in [6.45, 7) is 12.4. The lowest BCUT2D eigenvalue weighted by molar-refractivity contribution is -0.0280. The van der Waals surface area contributed by atoms with Gasteiger partial charge in [0.2, 0.25) is 0 Å². The van der Waals surface area contributed by atoms with Gasteiger partial charge in [-0.1, -0.05) is 34.6 Å². The largest absolute Gasteiger partial charge is 0.0648 e. The molecule has 0 amide bonds. The number of rotatable bonds is 2. The van der Waals surface area contributed by atoms with Crippen molar-refractivity contribution in [1.29, 1.82) is 0 Å². The van der Waals surface area contributed by atoms with Crippen molar-refractivity contribution in [3.05, 3.63) is 0 Å². The first-order chi connectivity index (χ1) is 6.49. The Bertz CT molecular complexity index is 222. The third-order valence-electron chi connectivity index (χ3n) is 6.16. The fourth-order valence-corrected chi connectivity index (χ4v) is 5.18. The Morgan fingerprint density at radius 1 is 1.07 bits per heavy atom. The van der Waals surface area contributed by atoms with E-state index in [0.717, 1.165) is 17.8 Å². The van der Waals surface area contributed by atoms with Gasteiger partial charge >= 0.3 is 0 Å². The van der Waals surface area contributed by atoms with Gasteiger partial charge in [-0.05, 0) is 54.3 Å². The third kappa shape index (κ3) is 0.955. The second-order valence-corrected chi connectivity index (χ2v) is 6.34. The van der Waals surface area contributed by atoms with E-state index in [2.05, 4.69) is 34.6 Å². The Labute approximate surface area is 89.5 Å². The zero-order chi connectivity index (χ0) is 10.6. The molecule has 0 radical (unpaired) electrons. The van der Waals surface area contributed by atoms with Gasteiger partial charge in [-0.25, -0.2) is 0 Å². The van der Waals surface area contributed by atoms with Crippen LogP contribution >= 0.6 is 0 Å². The minimum Gasteiger partial charge on any atom is -0.0648 e. The summed E-state index contributed by atoms with van der Waals surface area (Å²) in [6, 6.07) is 0. The summed E-state index contributed by atoms with van der Waals surface area (Å²) in [6.07, 6.45) is 5.80. The maximum Gasteiger partial charge on any atom is -0.0218 e. The van der Waals surface area contributed by atoms with Crippen molar-refractivity contribution >= 4 is 0 Å². The number of fused-ring (bicyclic) bond motifs is 2. The molecule has 0 aromatic carbocycles. The average molecular weight is 194 g/mol. The summed E-state index contributed by atoms with van der Waals surface area (Å²) >= 11 is 0. The lowest BCUT2D eigenvalue weighted by Gasteiger charge is -2.51. The predicted molar refractivity (Wildman–Crippen MR) is 62.2 cm³/mol. The topological polar surface area (TPSA) is 0 Å². The van der Waals surface area contributed by atoms with Crippen molar-refractivity contribution in [2.45, 2.75) is 60.3 Å². The van der Waals surface area contributed by atoms with E-state index in [-0.39, 0.29) is 0 Å². The van der Waals surface area contributed by atoms with Crippen molar-refractivity contribution in [3.63, 3.8) is 0 Å². The molecule has 82 valence electrons. The van der Waals surface area contributed by atoms with Gasteiger partial charge in [-0.2, -0.15) is 0 Å². The SMILES string of the molecule is CCC1(CC)C2CC(CC2C)C1(C)C. The molecule has 0 heterocycles. The van der Waals surface area contributed by atoms with Gasteiger partial charge in [0.25, 0.3) is 0 Å². The van der Waals surface area contributed by atoms with Crippen LogP contribution in [0.1, 0.15) is 60.3 Å². The predicted octanol–water partition coefficient (Wildman–Crippen LogP) is 4.49. The minimum absolute atomic E-state index is 0.605. The molecule has 2 fully saturated rings. The third-order valence-corrected chi connectivity index (χ3v) is 6.16. The van der Waals surface area contributed by atoms with Gasteiger partial charge < -0.3 is 0 Å². The fourth-order valence-electron chi connectivity index (χ4n) is 5.18. The molecule has 0 nitrogen and oxygen atoms in total. The summed E-state index contributed by atoms with van der Waals surface area (Å²) in [7, 11) is 0. The highest BCUT2D eigenvalue weighted by atomic mass is 14.7. The van der Waals surface area contributed by atoms with E-state index < -0.39 is 0 Å². The van der Waals surface area contributed by atoms with E-state index in [4.69, 9.17) is 0 Å². The van der Waals surface area contributed by atoms with Crippen LogP contribution < -0.4 is 0 Å². The summed E-state index contributed by atoms with van der Waals surface area (Å²) in [4.78, 5) is 0. The van der Waals surface area contributed by atoms with Crippen molar-refractivity contribution in [1.82, 2.24) is 0 Å². The monoisotopic (exact) mass is 194 g/mol. The van der Waals surface area contributed by atoms with Gasteiger partial charge in [0.05, 0.1) is 0 Å². The van der Waals surface area contributed by atoms with Crippen molar-refractivity contribution in [2.24, 2.45) is 28.6 Å². The molecule has 2 saturated carbocycles. The maximum atomic E-state index is 2.54. The lowest BCUT2D eigenvalue weighted by atomic mass is 9.53. The van der Waals surface area contributed by atoms with E-state index in [1.807, 2.05) is 0 Å². The van der Waals surface area contributed by atoms with E-state index >= 15 is 0 Å². The van der Waals surface area contributed by atoms with Crippen LogP contribution in [-0.2, 0) is 0 Å². The molecular weight excluding hydrogens is 168 g/mol. The van der Waals surface area contributed by atoms with Crippen LogP contribution in [0.2, 0.25) is 0 Å². The first kappa shape index (κ1) is 10.5. The summed E-state index contributed by atoms with van der Waals surface area (Å²) in [5.74, 6) is 3.04. The molecule has 0 aromatic rings. The van der Waals surface area contributed by atoms with Crippen LogP contribution in [0.25, 0.3) is 0 Å². The fraction of sp³-hybridized carbons (Fsp3) is 1.00. The van der Waals surface area contributed by atoms with Crippen molar-refractivity contribution in [2.75, 3.05) is 0 Å². The first-order valence-electron chi connectivity index (χ1n) is 6.49. The Morgan fingerprint density at radius 2 is 1.64 bits per heavy atom. The molecule has 14 heavy (non-hydrogen) atoms. The zero-order valence-electron chi connectivity index (χ0n) is 10.6. The second kappa shape index (κ2) is 3.00. The zero-order valence-corrected chi connectivity index (χ0v) is 10.6. The molecule has 3 atom stereocenters. The van der Waals surface area contributed by atoms with Crippen LogP contribution in [0.3, 0.4) is 0 Å².